The first kappa shape index (κ1) is 20.2. The van der Waals surface area contributed by atoms with Crippen LogP contribution in [0, 0.1) is 11.8 Å². The topological polar surface area (TPSA) is 0 Å². The van der Waals surface area contributed by atoms with Gasteiger partial charge >= 0.3 is 174 Å². The minimum atomic E-state index is -4.67. The van der Waals surface area contributed by atoms with Gasteiger partial charge in [0.25, 0.3) is 0 Å². The molecule has 2 fully saturated rings. The number of fused-ring (bicyclic) bond motifs is 2. The van der Waals surface area contributed by atoms with Gasteiger partial charge in [-0.15, -0.1) is 0 Å². The molecule has 0 heterocycles. The summed E-state index contributed by atoms with van der Waals surface area (Å²) in [5.74, 6) is 1.57. The molecule has 0 aliphatic heterocycles. The molecule has 0 N–H and O–H groups in total. The van der Waals surface area contributed by atoms with Gasteiger partial charge in [0.15, 0.2) is 0 Å². The first-order valence-electron chi connectivity index (χ1n) is 11.9. The third-order valence-corrected chi connectivity index (χ3v) is 61.7. The quantitative estimate of drug-likeness (QED) is 0.347. The van der Waals surface area contributed by atoms with Crippen molar-refractivity contribution in [1.29, 1.82) is 0 Å². The molecular weight excluding hydrogens is 531 g/mol. The Kier molecular flexibility index (Phi) is 3.86. The molecule has 4 unspecified atom stereocenters. The number of hydrogen-bond donors (Lipinski definition) is 0. The Morgan fingerprint density at radius 2 is 1.21 bits per heavy atom. The fourth-order valence-electron chi connectivity index (χ4n) is 8.70. The van der Waals surface area contributed by atoms with Gasteiger partial charge in [0.2, 0.25) is 0 Å². The van der Waals surface area contributed by atoms with Crippen LogP contribution in [0.3, 0.4) is 0 Å². The molecule has 0 nitrogen and oxygen atoms in total. The Bertz CT molecular complexity index is 1050. The van der Waals surface area contributed by atoms with E-state index in [1.165, 1.54) is 38.5 Å². The van der Waals surface area contributed by atoms with Crippen molar-refractivity contribution < 1.29 is 14.2 Å². The second-order valence-electron chi connectivity index (χ2n) is 13.8. The summed E-state index contributed by atoms with van der Waals surface area (Å²) in [6, 6.07) is 11.9. The zero-order chi connectivity index (χ0) is 20.4. The van der Waals surface area contributed by atoms with E-state index in [1.54, 1.807) is 14.5 Å². The Labute approximate surface area is 173 Å². The van der Waals surface area contributed by atoms with E-state index >= 15 is 0 Å². The summed E-state index contributed by atoms with van der Waals surface area (Å²) >= 11 is -4.67. The molecular formula is C27H38HfSi. The number of benzene rings is 1. The van der Waals surface area contributed by atoms with Gasteiger partial charge in [-0.3, -0.25) is 0 Å². The van der Waals surface area contributed by atoms with E-state index in [0.29, 0.717) is 0 Å². The van der Waals surface area contributed by atoms with Gasteiger partial charge in [0.1, 0.15) is 0 Å². The van der Waals surface area contributed by atoms with Crippen molar-refractivity contribution >= 4 is 10.3 Å². The monoisotopic (exact) mass is 570 g/mol. The van der Waals surface area contributed by atoms with E-state index in [1.807, 2.05) is 0 Å². The molecule has 29 heavy (non-hydrogen) atoms. The van der Waals surface area contributed by atoms with Crippen molar-refractivity contribution in [2.75, 3.05) is 0 Å². The van der Waals surface area contributed by atoms with Gasteiger partial charge in [-0.2, -0.15) is 0 Å². The van der Waals surface area contributed by atoms with Gasteiger partial charge in [-0.05, 0) is 0 Å². The Morgan fingerprint density at radius 1 is 0.724 bits per heavy atom. The minimum absolute atomic E-state index is 0.741. The molecule has 0 amide bonds. The average Bonchev–Trinajstić information content (AvgIpc) is 3.35. The maximum absolute atomic E-state index is 4.67. The Morgan fingerprint density at radius 3 is 1.69 bits per heavy atom. The molecule has 0 radical (unpaired) electrons. The predicted molar refractivity (Wildman–Crippen MR) is 129 cm³/mol. The average molecular weight is 569 g/mol. The number of rotatable bonds is 3. The SMILES string of the molecule is [CH3][Hf]([CH3])([CH3])(=[SiH2])([c]1ccccc1)([CH]1CCC2CC=CC=C21)[CH]1CCC2CC=CC=C21. The van der Waals surface area contributed by atoms with Gasteiger partial charge in [0, 0.05) is 0 Å². The van der Waals surface area contributed by atoms with Gasteiger partial charge < -0.3 is 0 Å². The molecule has 2 heteroatoms. The molecule has 1 aromatic rings. The molecule has 0 bridgehead atoms. The molecule has 2 saturated carbocycles. The van der Waals surface area contributed by atoms with Crippen molar-refractivity contribution in [2.45, 2.75) is 59.9 Å². The van der Waals surface area contributed by atoms with Crippen LogP contribution >= 0.6 is 0 Å². The summed E-state index contributed by atoms with van der Waals surface area (Å²) in [4.78, 5) is 0. The zero-order valence-corrected chi connectivity index (χ0v) is 23.6. The number of hydrogen-bond acceptors (Lipinski definition) is 0. The molecule has 154 valence electrons. The van der Waals surface area contributed by atoms with Crippen LogP contribution in [0.15, 0.2) is 77.9 Å². The van der Waals surface area contributed by atoms with Gasteiger partial charge in [-0.25, -0.2) is 0 Å². The number of allylic oxidation sites excluding steroid dienone is 8. The van der Waals surface area contributed by atoms with Crippen LogP contribution in [0.25, 0.3) is 0 Å². The van der Waals surface area contributed by atoms with Gasteiger partial charge in [0.05, 0.1) is 0 Å². The van der Waals surface area contributed by atoms with Crippen LogP contribution in [-0.4, -0.2) is 6.94 Å². The summed E-state index contributed by atoms with van der Waals surface area (Å²) < 4.78 is 11.8. The summed E-state index contributed by atoms with van der Waals surface area (Å²) in [6.45, 7) is 2.55. The van der Waals surface area contributed by atoms with Crippen molar-refractivity contribution in [3.05, 3.63) is 77.9 Å². The first-order valence-corrected chi connectivity index (χ1v) is 37.0. The molecule has 0 saturated heterocycles. The van der Waals surface area contributed by atoms with E-state index < -0.39 is 14.2 Å². The molecule has 5 rings (SSSR count). The van der Waals surface area contributed by atoms with Gasteiger partial charge in [-0.1, -0.05) is 0 Å². The third-order valence-electron chi connectivity index (χ3n) is 10.6. The van der Waals surface area contributed by atoms with Crippen LogP contribution in [0.2, 0.25) is 21.4 Å². The second kappa shape index (κ2) is 5.54. The fraction of sp³-hybridized carbons (Fsp3) is 0.481. The molecule has 4 atom stereocenters. The Balaban J connectivity index is 1.86. The second-order valence-corrected chi connectivity index (χ2v) is 91.5. The van der Waals surface area contributed by atoms with Crippen LogP contribution in [0.5, 0.6) is 0 Å². The molecule has 4 aliphatic carbocycles. The normalized spacial score (nSPS) is 34.8. The van der Waals surface area contributed by atoms with Crippen LogP contribution in [0.4, 0.5) is 0 Å². The summed E-state index contributed by atoms with van der Waals surface area (Å²) in [7, 11) is 0. The van der Waals surface area contributed by atoms with Crippen molar-refractivity contribution in [2.24, 2.45) is 11.8 Å². The van der Waals surface area contributed by atoms with E-state index in [2.05, 4.69) is 87.8 Å². The van der Waals surface area contributed by atoms with Crippen molar-refractivity contribution in [1.82, 2.24) is 0 Å². The van der Waals surface area contributed by atoms with Crippen LogP contribution < -0.4 is 3.32 Å². The zero-order valence-electron chi connectivity index (χ0n) is 18.6. The van der Waals surface area contributed by atoms with Crippen molar-refractivity contribution in [3.63, 3.8) is 0 Å². The molecule has 1 aromatic carbocycles. The van der Waals surface area contributed by atoms with E-state index in [-0.39, 0.29) is 0 Å². The van der Waals surface area contributed by atoms with E-state index in [4.69, 9.17) is 0 Å². The Hall–Kier alpha value is -0.733. The van der Waals surface area contributed by atoms with E-state index in [0.717, 1.165) is 19.2 Å². The standard InChI is InChI=1S/2C9H11.C6H5.3CH3.Hf.H2Si/c2*1-2-5-9-7-3-6-8(9)4-1;1-2-4-6-5-3-1;;;;;/h2*1-2,4,6,9H,3,5,7H2;1-5H;3*1H3;;1H2. The fourth-order valence-corrected chi connectivity index (χ4v) is 53.9. The predicted octanol–water partition coefficient (Wildman–Crippen LogP) is 6.93. The first-order chi connectivity index (χ1) is 13.6. The summed E-state index contributed by atoms with van der Waals surface area (Å²) in [5.41, 5.74) is 3.61. The van der Waals surface area contributed by atoms with Crippen LogP contribution in [-0.2, 0) is 14.2 Å². The van der Waals surface area contributed by atoms with Crippen LogP contribution in [0.1, 0.15) is 38.5 Å². The molecule has 4 aliphatic rings. The van der Waals surface area contributed by atoms with Crippen molar-refractivity contribution in [3.8, 4) is 0 Å². The third kappa shape index (κ3) is 2.51. The molecule has 0 aromatic heterocycles. The maximum atomic E-state index is 2.87. The molecule has 0 spiro atoms. The van der Waals surface area contributed by atoms with E-state index in [9.17, 15) is 0 Å². The summed E-state index contributed by atoms with van der Waals surface area (Å²) in [5, 5.41) is 0. The summed E-state index contributed by atoms with van der Waals surface area (Å²) in [6.07, 6.45) is 22.7.